The highest BCUT2D eigenvalue weighted by Gasteiger charge is 2.29. The van der Waals surface area contributed by atoms with Crippen LogP contribution in [-0.2, 0) is 4.74 Å². The summed E-state index contributed by atoms with van der Waals surface area (Å²) in [5.41, 5.74) is 3.01. The summed E-state index contributed by atoms with van der Waals surface area (Å²) in [6.45, 7) is 10.7. The second-order valence-corrected chi connectivity index (χ2v) is 10.7. The molecule has 0 aromatic carbocycles. The fourth-order valence-corrected chi connectivity index (χ4v) is 4.92. The van der Waals surface area contributed by atoms with Gasteiger partial charge in [0, 0.05) is 13.1 Å². The first-order chi connectivity index (χ1) is 16.0. The molecular weight excluding hydrogens is 432 g/mol. The highest BCUT2D eigenvalue weighted by Crippen LogP contribution is 2.38. The molecule has 1 fully saturated rings. The molecule has 8 nitrogen and oxygen atoms in total. The second kappa shape index (κ2) is 9.39. The standard InChI is InChI=1S/C26H36N4O4/c1-16(2)22-21-19(17-11-13-29(14-12-17)25(33)34-26(3,4)5)15-20(24(31)32)27-23(21)30(28-22)18-9-7-6-8-10-18/h11,15-16,18H,6-10,12-14H2,1-5H3,(H,31,32). The van der Waals surface area contributed by atoms with Gasteiger partial charge in [-0.1, -0.05) is 39.2 Å². The summed E-state index contributed by atoms with van der Waals surface area (Å²) in [7, 11) is 0. The molecule has 0 radical (unpaired) electrons. The molecule has 0 unspecified atom stereocenters. The van der Waals surface area contributed by atoms with Gasteiger partial charge in [0.25, 0.3) is 0 Å². The van der Waals surface area contributed by atoms with E-state index in [1.54, 1.807) is 11.0 Å². The van der Waals surface area contributed by atoms with E-state index in [9.17, 15) is 14.7 Å². The molecule has 2 aromatic rings. The average Bonchev–Trinajstić information content (AvgIpc) is 3.18. The van der Waals surface area contributed by atoms with Crippen molar-refractivity contribution in [3.8, 4) is 0 Å². The molecule has 1 saturated carbocycles. The molecule has 1 aliphatic heterocycles. The normalized spacial score (nSPS) is 17.8. The number of fused-ring (bicyclic) bond motifs is 1. The predicted octanol–water partition coefficient (Wildman–Crippen LogP) is 5.78. The summed E-state index contributed by atoms with van der Waals surface area (Å²) in [4.78, 5) is 30.8. The van der Waals surface area contributed by atoms with Crippen LogP contribution in [-0.4, -0.2) is 55.5 Å². The fourth-order valence-electron chi connectivity index (χ4n) is 4.92. The lowest BCUT2D eigenvalue weighted by Gasteiger charge is -2.30. The maximum absolute atomic E-state index is 12.5. The second-order valence-electron chi connectivity index (χ2n) is 10.7. The lowest BCUT2D eigenvalue weighted by atomic mass is 9.93. The number of amides is 1. The Kier molecular flexibility index (Phi) is 6.69. The summed E-state index contributed by atoms with van der Waals surface area (Å²) in [6.07, 6.45) is 7.90. The van der Waals surface area contributed by atoms with Crippen LogP contribution >= 0.6 is 0 Å². The average molecular weight is 469 g/mol. The number of carboxylic acids is 1. The van der Waals surface area contributed by atoms with Crippen LogP contribution in [0.2, 0.25) is 0 Å². The van der Waals surface area contributed by atoms with E-state index in [1.165, 1.54) is 6.42 Å². The summed E-state index contributed by atoms with van der Waals surface area (Å²) in [5.74, 6) is -0.872. The molecule has 8 heteroatoms. The van der Waals surface area contributed by atoms with Crippen molar-refractivity contribution in [3.63, 3.8) is 0 Å². The van der Waals surface area contributed by atoms with Crippen LogP contribution in [0.5, 0.6) is 0 Å². The summed E-state index contributed by atoms with van der Waals surface area (Å²) < 4.78 is 7.51. The van der Waals surface area contributed by atoms with Crippen LogP contribution in [0.15, 0.2) is 12.1 Å². The molecule has 1 N–H and O–H groups in total. The van der Waals surface area contributed by atoms with Gasteiger partial charge in [0.2, 0.25) is 0 Å². The van der Waals surface area contributed by atoms with Crippen molar-refractivity contribution in [1.82, 2.24) is 19.7 Å². The Morgan fingerprint density at radius 3 is 2.44 bits per heavy atom. The molecule has 34 heavy (non-hydrogen) atoms. The van der Waals surface area contributed by atoms with Gasteiger partial charge in [-0.15, -0.1) is 0 Å². The van der Waals surface area contributed by atoms with E-state index in [0.29, 0.717) is 25.2 Å². The van der Waals surface area contributed by atoms with E-state index in [0.717, 1.165) is 47.9 Å². The molecule has 0 bridgehead atoms. The van der Waals surface area contributed by atoms with Crippen molar-refractivity contribution in [1.29, 1.82) is 0 Å². The number of pyridine rings is 1. The molecule has 1 aliphatic carbocycles. The van der Waals surface area contributed by atoms with E-state index in [-0.39, 0.29) is 23.7 Å². The number of carbonyl (C=O) groups is 2. The van der Waals surface area contributed by atoms with Gasteiger partial charge >= 0.3 is 12.1 Å². The third-order valence-electron chi connectivity index (χ3n) is 6.58. The van der Waals surface area contributed by atoms with Crippen LogP contribution in [0.4, 0.5) is 4.79 Å². The van der Waals surface area contributed by atoms with Crippen molar-refractivity contribution in [2.45, 2.75) is 90.7 Å². The van der Waals surface area contributed by atoms with Crippen molar-refractivity contribution >= 4 is 28.7 Å². The van der Waals surface area contributed by atoms with Gasteiger partial charge in [-0.3, -0.25) is 0 Å². The molecule has 3 heterocycles. The van der Waals surface area contributed by atoms with Crippen LogP contribution in [0.25, 0.3) is 16.6 Å². The fraction of sp³-hybridized carbons (Fsp3) is 0.615. The summed E-state index contributed by atoms with van der Waals surface area (Å²) >= 11 is 0. The number of aromatic nitrogens is 3. The Bertz CT molecular complexity index is 1120. The molecular formula is C26H36N4O4. The number of nitrogens with zero attached hydrogens (tertiary/aromatic N) is 4. The number of carboxylic acid groups (broad SMARTS) is 1. The minimum absolute atomic E-state index is 0.0326. The Balaban J connectivity index is 1.78. The van der Waals surface area contributed by atoms with Crippen LogP contribution in [0.3, 0.4) is 0 Å². The molecule has 0 saturated heterocycles. The van der Waals surface area contributed by atoms with Gasteiger partial charge in [-0.25, -0.2) is 19.3 Å². The molecule has 1 amide bonds. The quantitative estimate of drug-likeness (QED) is 0.611. The number of hydrogen-bond acceptors (Lipinski definition) is 5. The van der Waals surface area contributed by atoms with E-state index >= 15 is 0 Å². The summed E-state index contributed by atoms with van der Waals surface area (Å²) in [6, 6.07) is 1.93. The SMILES string of the molecule is CC(C)c1nn(C2CCCCC2)c2nc(C(=O)O)cc(C3=CCN(C(=O)OC(C)(C)C)CC3)c12. The zero-order chi connectivity index (χ0) is 24.6. The lowest BCUT2D eigenvalue weighted by Crippen LogP contribution is -2.39. The minimum atomic E-state index is -1.04. The van der Waals surface area contributed by atoms with Gasteiger partial charge in [0.1, 0.15) is 5.60 Å². The van der Waals surface area contributed by atoms with Gasteiger partial charge in [0.15, 0.2) is 11.3 Å². The maximum atomic E-state index is 12.5. The van der Waals surface area contributed by atoms with Crippen LogP contribution < -0.4 is 0 Å². The lowest BCUT2D eigenvalue weighted by molar-refractivity contribution is 0.0270. The largest absolute Gasteiger partial charge is 0.477 e. The summed E-state index contributed by atoms with van der Waals surface area (Å²) in [5, 5.41) is 15.8. The number of hydrogen-bond donors (Lipinski definition) is 1. The van der Waals surface area contributed by atoms with Crippen LogP contribution in [0, 0.1) is 0 Å². The zero-order valence-electron chi connectivity index (χ0n) is 20.9. The third-order valence-corrected chi connectivity index (χ3v) is 6.58. The van der Waals surface area contributed by atoms with E-state index < -0.39 is 11.6 Å². The molecule has 0 spiro atoms. The van der Waals surface area contributed by atoms with Crippen LogP contribution in [0.1, 0.15) is 107 Å². The van der Waals surface area contributed by atoms with Gasteiger partial charge < -0.3 is 14.7 Å². The van der Waals surface area contributed by atoms with Crippen molar-refractivity contribution < 1.29 is 19.4 Å². The van der Waals surface area contributed by atoms with Gasteiger partial charge in [0.05, 0.1) is 17.1 Å². The number of ether oxygens (including phenoxy) is 1. The Morgan fingerprint density at radius 1 is 1.18 bits per heavy atom. The van der Waals surface area contributed by atoms with Gasteiger partial charge in [-0.05, 0) is 63.2 Å². The van der Waals surface area contributed by atoms with Crippen molar-refractivity contribution in [2.24, 2.45) is 0 Å². The maximum Gasteiger partial charge on any atom is 0.410 e. The monoisotopic (exact) mass is 468 g/mol. The first-order valence-electron chi connectivity index (χ1n) is 12.4. The first-order valence-corrected chi connectivity index (χ1v) is 12.4. The number of aromatic carboxylic acids is 1. The topological polar surface area (TPSA) is 97.5 Å². The molecule has 184 valence electrons. The predicted molar refractivity (Wildman–Crippen MR) is 131 cm³/mol. The Labute approximate surface area is 201 Å². The molecule has 0 atom stereocenters. The van der Waals surface area contributed by atoms with Crippen molar-refractivity contribution in [2.75, 3.05) is 13.1 Å². The Morgan fingerprint density at radius 2 is 1.88 bits per heavy atom. The number of rotatable bonds is 4. The van der Waals surface area contributed by atoms with E-state index in [1.807, 2.05) is 31.5 Å². The van der Waals surface area contributed by atoms with Crippen molar-refractivity contribution in [3.05, 3.63) is 29.1 Å². The van der Waals surface area contributed by atoms with E-state index in [4.69, 9.17) is 9.84 Å². The zero-order valence-corrected chi connectivity index (χ0v) is 20.9. The van der Waals surface area contributed by atoms with E-state index in [2.05, 4.69) is 18.8 Å². The molecule has 2 aliphatic rings. The Hall–Kier alpha value is -2.90. The highest BCUT2D eigenvalue weighted by molar-refractivity contribution is 5.97. The molecule has 2 aromatic heterocycles. The minimum Gasteiger partial charge on any atom is -0.477 e. The highest BCUT2D eigenvalue weighted by atomic mass is 16.6. The molecule has 4 rings (SSSR count). The smallest absolute Gasteiger partial charge is 0.410 e. The third kappa shape index (κ3) is 4.95. The first kappa shape index (κ1) is 24.2. The van der Waals surface area contributed by atoms with Gasteiger partial charge in [-0.2, -0.15) is 5.10 Å². The number of carbonyl (C=O) groups excluding carboxylic acids is 1.